The second-order valence-electron chi connectivity index (χ2n) is 2.61. The highest BCUT2D eigenvalue weighted by Gasteiger charge is 2.06. The van der Waals surface area contributed by atoms with E-state index in [0.717, 1.165) is 17.8 Å². The third-order valence-corrected chi connectivity index (χ3v) is 1.69. The Kier molecular flexibility index (Phi) is 4.47. The van der Waals surface area contributed by atoms with Crippen LogP contribution in [0.15, 0.2) is 29.0 Å². The molecule has 80 valence electrons. The molecule has 0 radical (unpaired) electrons. The Balaban J connectivity index is 0.000000531. The molecular formula is C11H15N3O. The van der Waals surface area contributed by atoms with E-state index in [9.17, 15) is 0 Å². The summed E-state index contributed by atoms with van der Waals surface area (Å²) in [4.78, 5) is 8.15. The van der Waals surface area contributed by atoms with Gasteiger partial charge in [-0.15, -0.1) is 0 Å². The van der Waals surface area contributed by atoms with Crippen molar-refractivity contribution in [1.29, 1.82) is 0 Å². The highest BCUT2D eigenvalue weighted by Crippen LogP contribution is 2.14. The van der Waals surface area contributed by atoms with Gasteiger partial charge in [-0.05, 0) is 12.1 Å². The fourth-order valence-corrected chi connectivity index (χ4v) is 1.00. The van der Waals surface area contributed by atoms with Gasteiger partial charge in [0.1, 0.15) is 0 Å². The molecule has 2 aromatic heterocycles. The summed E-state index contributed by atoms with van der Waals surface area (Å²) in [7, 11) is 0. The average Bonchev–Trinajstić information content (AvgIpc) is 2.81. The van der Waals surface area contributed by atoms with Crippen LogP contribution in [-0.4, -0.2) is 15.1 Å². The van der Waals surface area contributed by atoms with E-state index in [4.69, 9.17) is 4.52 Å². The summed E-state index contributed by atoms with van der Waals surface area (Å²) in [5, 5.41) is 3.80. The third kappa shape index (κ3) is 2.87. The van der Waals surface area contributed by atoms with Crippen molar-refractivity contribution in [2.75, 3.05) is 0 Å². The topological polar surface area (TPSA) is 51.8 Å². The standard InChI is InChI=1S/C9H9N3O.C2H6/c1-2-8-11-9(13-12-8)7-4-3-5-10-6-7;1-2/h3-6H,2H2,1H3;1-2H3. The maximum Gasteiger partial charge on any atom is 0.259 e. The van der Waals surface area contributed by atoms with Gasteiger partial charge >= 0.3 is 0 Å². The molecule has 0 amide bonds. The molecule has 4 heteroatoms. The Hall–Kier alpha value is -1.71. The van der Waals surface area contributed by atoms with Gasteiger partial charge in [0.05, 0.1) is 5.56 Å². The van der Waals surface area contributed by atoms with Gasteiger partial charge in [0, 0.05) is 18.8 Å². The van der Waals surface area contributed by atoms with Crippen molar-refractivity contribution < 1.29 is 4.52 Å². The number of aryl methyl sites for hydroxylation is 1. The Labute approximate surface area is 89.4 Å². The summed E-state index contributed by atoms with van der Waals surface area (Å²) in [5.74, 6) is 1.25. The van der Waals surface area contributed by atoms with Gasteiger partial charge in [-0.25, -0.2) is 0 Å². The van der Waals surface area contributed by atoms with Gasteiger partial charge in [-0.3, -0.25) is 4.98 Å². The molecule has 2 heterocycles. The molecule has 0 atom stereocenters. The van der Waals surface area contributed by atoms with Crippen LogP contribution in [-0.2, 0) is 6.42 Å². The fourth-order valence-electron chi connectivity index (χ4n) is 1.00. The van der Waals surface area contributed by atoms with E-state index >= 15 is 0 Å². The summed E-state index contributed by atoms with van der Waals surface area (Å²) in [6.45, 7) is 5.98. The van der Waals surface area contributed by atoms with Crippen molar-refractivity contribution in [3.8, 4) is 11.5 Å². The molecule has 0 aliphatic heterocycles. The van der Waals surface area contributed by atoms with Gasteiger partial charge in [-0.2, -0.15) is 4.98 Å². The Morgan fingerprint density at radius 1 is 1.33 bits per heavy atom. The van der Waals surface area contributed by atoms with Crippen LogP contribution in [0.25, 0.3) is 11.5 Å². The number of hydrogen-bond acceptors (Lipinski definition) is 4. The molecule has 0 aromatic carbocycles. The molecule has 0 bridgehead atoms. The number of aromatic nitrogens is 3. The molecule has 0 fully saturated rings. The predicted octanol–water partition coefficient (Wildman–Crippen LogP) is 2.72. The lowest BCUT2D eigenvalue weighted by Gasteiger charge is -1.89. The first kappa shape index (κ1) is 11.4. The van der Waals surface area contributed by atoms with Gasteiger partial charge in [0.25, 0.3) is 5.89 Å². The lowest BCUT2D eigenvalue weighted by Crippen LogP contribution is -1.82. The third-order valence-electron chi connectivity index (χ3n) is 1.69. The van der Waals surface area contributed by atoms with Crippen LogP contribution in [0.2, 0.25) is 0 Å². The van der Waals surface area contributed by atoms with Crippen LogP contribution in [0.3, 0.4) is 0 Å². The lowest BCUT2D eigenvalue weighted by molar-refractivity contribution is 0.423. The van der Waals surface area contributed by atoms with Crippen molar-refractivity contribution in [2.24, 2.45) is 0 Å². The lowest BCUT2D eigenvalue weighted by atomic mass is 10.3. The highest BCUT2D eigenvalue weighted by molar-refractivity contribution is 5.50. The van der Waals surface area contributed by atoms with E-state index in [1.807, 2.05) is 32.9 Å². The van der Waals surface area contributed by atoms with Gasteiger partial charge in [0.2, 0.25) is 0 Å². The highest BCUT2D eigenvalue weighted by atomic mass is 16.5. The number of pyridine rings is 1. The molecule has 0 spiro atoms. The van der Waals surface area contributed by atoms with E-state index in [0.29, 0.717) is 5.89 Å². The normalized spacial score (nSPS) is 9.27. The van der Waals surface area contributed by atoms with Crippen LogP contribution in [0.1, 0.15) is 26.6 Å². The van der Waals surface area contributed by atoms with Crippen molar-refractivity contribution in [3.63, 3.8) is 0 Å². The van der Waals surface area contributed by atoms with Crippen molar-refractivity contribution in [1.82, 2.24) is 15.1 Å². The van der Waals surface area contributed by atoms with E-state index < -0.39 is 0 Å². The molecule has 0 aliphatic rings. The maximum atomic E-state index is 5.04. The average molecular weight is 205 g/mol. The summed E-state index contributed by atoms with van der Waals surface area (Å²) in [5.41, 5.74) is 0.856. The van der Waals surface area contributed by atoms with Crippen LogP contribution < -0.4 is 0 Å². The van der Waals surface area contributed by atoms with E-state index in [1.165, 1.54) is 0 Å². The summed E-state index contributed by atoms with van der Waals surface area (Å²) < 4.78 is 5.04. The molecule has 2 rings (SSSR count). The predicted molar refractivity (Wildman–Crippen MR) is 58.3 cm³/mol. The zero-order valence-corrected chi connectivity index (χ0v) is 9.27. The minimum atomic E-state index is 0.532. The maximum absolute atomic E-state index is 5.04. The quantitative estimate of drug-likeness (QED) is 0.756. The first-order valence-electron chi connectivity index (χ1n) is 5.13. The number of nitrogens with zero attached hydrogens (tertiary/aromatic N) is 3. The Bertz CT molecular complexity index is 384. The van der Waals surface area contributed by atoms with E-state index in [2.05, 4.69) is 15.1 Å². The minimum absolute atomic E-state index is 0.532. The minimum Gasteiger partial charge on any atom is -0.334 e. The van der Waals surface area contributed by atoms with Crippen molar-refractivity contribution >= 4 is 0 Å². The summed E-state index contributed by atoms with van der Waals surface area (Å²) >= 11 is 0. The molecule has 0 aliphatic carbocycles. The van der Waals surface area contributed by atoms with Crippen molar-refractivity contribution in [3.05, 3.63) is 30.4 Å². The molecule has 0 N–H and O–H groups in total. The fraction of sp³-hybridized carbons (Fsp3) is 0.364. The number of rotatable bonds is 2. The first-order valence-corrected chi connectivity index (χ1v) is 5.13. The largest absolute Gasteiger partial charge is 0.334 e. The van der Waals surface area contributed by atoms with E-state index in [-0.39, 0.29) is 0 Å². The molecule has 15 heavy (non-hydrogen) atoms. The van der Waals surface area contributed by atoms with Crippen LogP contribution in [0.4, 0.5) is 0 Å². The Morgan fingerprint density at radius 3 is 2.67 bits per heavy atom. The molecule has 0 saturated carbocycles. The zero-order chi connectivity index (χ0) is 11.1. The summed E-state index contributed by atoms with van der Waals surface area (Å²) in [6, 6.07) is 3.73. The van der Waals surface area contributed by atoms with Crippen molar-refractivity contribution in [2.45, 2.75) is 27.2 Å². The van der Waals surface area contributed by atoms with Gasteiger partial charge in [0.15, 0.2) is 5.82 Å². The van der Waals surface area contributed by atoms with Crippen LogP contribution in [0, 0.1) is 0 Å². The second kappa shape index (κ2) is 5.90. The Morgan fingerprint density at radius 2 is 2.13 bits per heavy atom. The molecule has 2 aromatic rings. The number of hydrogen-bond donors (Lipinski definition) is 0. The van der Waals surface area contributed by atoms with Gasteiger partial charge < -0.3 is 4.52 Å². The molecular weight excluding hydrogens is 190 g/mol. The summed E-state index contributed by atoms with van der Waals surface area (Å²) in [6.07, 6.45) is 4.19. The van der Waals surface area contributed by atoms with Crippen LogP contribution in [0.5, 0.6) is 0 Å². The molecule has 0 saturated heterocycles. The molecule has 4 nitrogen and oxygen atoms in total. The SMILES string of the molecule is CC.CCc1noc(-c2cccnc2)n1. The first-order chi connectivity index (χ1) is 7.40. The van der Waals surface area contributed by atoms with E-state index in [1.54, 1.807) is 12.4 Å². The zero-order valence-electron chi connectivity index (χ0n) is 9.27. The second-order valence-corrected chi connectivity index (χ2v) is 2.61. The smallest absolute Gasteiger partial charge is 0.259 e. The molecule has 0 unspecified atom stereocenters. The monoisotopic (exact) mass is 205 g/mol. The van der Waals surface area contributed by atoms with Crippen LogP contribution >= 0.6 is 0 Å². The van der Waals surface area contributed by atoms with Gasteiger partial charge in [-0.1, -0.05) is 25.9 Å².